The summed E-state index contributed by atoms with van der Waals surface area (Å²) in [5.74, 6) is 1.40. The quantitative estimate of drug-likeness (QED) is 0.795. The highest BCUT2D eigenvalue weighted by Crippen LogP contribution is 2.34. The van der Waals surface area contributed by atoms with Gasteiger partial charge in [-0.3, -0.25) is 4.40 Å². The van der Waals surface area contributed by atoms with Gasteiger partial charge in [0.25, 0.3) is 0 Å². The second-order valence-corrected chi connectivity index (χ2v) is 5.18. The molecule has 102 valence electrons. The van der Waals surface area contributed by atoms with Crippen molar-refractivity contribution in [1.82, 2.24) is 9.38 Å². The van der Waals surface area contributed by atoms with Gasteiger partial charge in [0.1, 0.15) is 17.3 Å². The molecule has 0 unspecified atom stereocenters. The van der Waals surface area contributed by atoms with Crippen molar-refractivity contribution < 1.29 is 4.74 Å². The summed E-state index contributed by atoms with van der Waals surface area (Å²) in [5, 5.41) is 0. The molecule has 0 amide bonds. The smallest absolute Gasteiger partial charge is 0.153 e. The molecule has 5 heteroatoms. The maximum Gasteiger partial charge on any atom is 0.153 e. The number of halogens is 1. The molecule has 3 rings (SSSR count). The molecule has 3 aromatic rings. The first-order chi connectivity index (χ1) is 9.72. The lowest BCUT2D eigenvalue weighted by Crippen LogP contribution is -1.97. The van der Waals surface area contributed by atoms with Crippen LogP contribution in [0.5, 0.6) is 5.75 Å². The van der Waals surface area contributed by atoms with Crippen LogP contribution >= 0.6 is 15.9 Å². The molecule has 0 saturated carbocycles. The zero-order valence-corrected chi connectivity index (χ0v) is 12.6. The Morgan fingerprint density at radius 1 is 1.25 bits per heavy atom. The molecule has 0 aliphatic rings. The second kappa shape index (κ2) is 5.17. The predicted molar refractivity (Wildman–Crippen MR) is 83.9 cm³/mol. The van der Waals surface area contributed by atoms with Gasteiger partial charge in [-0.1, -0.05) is 12.1 Å². The minimum Gasteiger partial charge on any atom is -0.493 e. The number of nitrogens with two attached hydrogens (primary N) is 1. The maximum atomic E-state index is 6.23. The summed E-state index contributed by atoms with van der Waals surface area (Å²) in [6.45, 7) is 2.56. The predicted octanol–water partition coefficient (Wildman–Crippen LogP) is 3.74. The molecule has 0 aliphatic carbocycles. The highest BCUT2D eigenvalue weighted by atomic mass is 79.9. The van der Waals surface area contributed by atoms with Crippen molar-refractivity contribution in [3.63, 3.8) is 0 Å². The molecule has 2 N–H and O–H groups in total. The lowest BCUT2D eigenvalue weighted by molar-refractivity contribution is 0.341. The first-order valence-corrected chi connectivity index (χ1v) is 7.16. The van der Waals surface area contributed by atoms with Crippen LogP contribution in [-0.2, 0) is 0 Å². The number of anilines is 1. The lowest BCUT2D eigenvalue weighted by atomic mass is 10.1. The Balaban J connectivity index is 2.25. The molecule has 20 heavy (non-hydrogen) atoms. The Morgan fingerprint density at radius 2 is 2.05 bits per heavy atom. The third-order valence-corrected chi connectivity index (χ3v) is 3.70. The molecule has 0 aliphatic heterocycles. The van der Waals surface area contributed by atoms with Crippen LogP contribution < -0.4 is 10.5 Å². The van der Waals surface area contributed by atoms with E-state index in [4.69, 9.17) is 10.5 Å². The standard InChI is InChI=1S/C15H14BrN3O/c1-2-20-12-8-4-3-6-10(12)13-14(17)19-9-5-7-11(16)15(19)18-13/h3-9H,2,17H2,1H3. The molecular weight excluding hydrogens is 318 g/mol. The van der Waals surface area contributed by atoms with Gasteiger partial charge in [0.2, 0.25) is 0 Å². The molecule has 0 radical (unpaired) electrons. The number of aromatic nitrogens is 2. The Labute approximate surface area is 125 Å². The van der Waals surface area contributed by atoms with E-state index in [0.717, 1.165) is 27.1 Å². The molecule has 0 fully saturated rings. The van der Waals surface area contributed by atoms with E-state index in [0.29, 0.717) is 12.4 Å². The van der Waals surface area contributed by atoms with E-state index in [-0.39, 0.29) is 0 Å². The number of pyridine rings is 1. The topological polar surface area (TPSA) is 52.5 Å². The number of hydrogen-bond donors (Lipinski definition) is 1. The largest absolute Gasteiger partial charge is 0.493 e. The average molecular weight is 332 g/mol. The van der Waals surface area contributed by atoms with Gasteiger partial charge >= 0.3 is 0 Å². The first kappa shape index (κ1) is 13.0. The molecule has 0 atom stereocenters. The van der Waals surface area contributed by atoms with E-state index >= 15 is 0 Å². The van der Waals surface area contributed by atoms with Crippen molar-refractivity contribution in [1.29, 1.82) is 0 Å². The number of nitrogens with zero attached hydrogens (tertiary/aromatic N) is 2. The zero-order chi connectivity index (χ0) is 14.1. The van der Waals surface area contributed by atoms with E-state index in [1.165, 1.54) is 0 Å². The highest BCUT2D eigenvalue weighted by molar-refractivity contribution is 9.10. The summed E-state index contributed by atoms with van der Waals surface area (Å²) in [6, 6.07) is 11.7. The molecule has 0 bridgehead atoms. The van der Waals surface area contributed by atoms with Gasteiger partial charge in [-0.2, -0.15) is 0 Å². The summed E-state index contributed by atoms with van der Waals surface area (Å²) >= 11 is 3.50. The number of imidazole rings is 1. The Bertz CT molecular complexity index is 767. The van der Waals surface area contributed by atoms with Crippen LogP contribution in [0.4, 0.5) is 5.82 Å². The van der Waals surface area contributed by atoms with Crippen molar-refractivity contribution in [3.8, 4) is 17.0 Å². The van der Waals surface area contributed by atoms with E-state index in [1.54, 1.807) is 0 Å². The Hall–Kier alpha value is -2.01. The average Bonchev–Trinajstić information content (AvgIpc) is 2.79. The lowest BCUT2D eigenvalue weighted by Gasteiger charge is -2.08. The van der Waals surface area contributed by atoms with Crippen LogP contribution in [-0.4, -0.2) is 16.0 Å². The number of nitrogen functional groups attached to an aromatic ring is 1. The van der Waals surface area contributed by atoms with Crippen molar-refractivity contribution in [2.75, 3.05) is 12.3 Å². The van der Waals surface area contributed by atoms with Crippen LogP contribution in [0.2, 0.25) is 0 Å². The van der Waals surface area contributed by atoms with Crippen molar-refractivity contribution >= 4 is 27.4 Å². The minimum absolute atomic E-state index is 0.605. The fourth-order valence-corrected chi connectivity index (χ4v) is 2.63. The monoisotopic (exact) mass is 331 g/mol. The first-order valence-electron chi connectivity index (χ1n) is 6.36. The van der Waals surface area contributed by atoms with Crippen LogP contribution in [0, 0.1) is 0 Å². The van der Waals surface area contributed by atoms with Crippen molar-refractivity contribution in [2.45, 2.75) is 6.92 Å². The number of ether oxygens (including phenoxy) is 1. The number of fused-ring (bicyclic) bond motifs is 1. The molecule has 0 spiro atoms. The summed E-state index contributed by atoms with van der Waals surface area (Å²) < 4.78 is 8.43. The van der Waals surface area contributed by atoms with Gasteiger partial charge in [0, 0.05) is 11.8 Å². The number of para-hydroxylation sites is 1. The molecule has 0 saturated heterocycles. The fourth-order valence-electron chi connectivity index (χ4n) is 2.19. The van der Waals surface area contributed by atoms with E-state index in [1.807, 2.05) is 53.9 Å². The Kier molecular flexibility index (Phi) is 3.36. The van der Waals surface area contributed by atoms with Crippen LogP contribution in [0.1, 0.15) is 6.92 Å². The molecule has 1 aromatic carbocycles. The minimum atomic E-state index is 0.605. The summed E-state index contributed by atoms with van der Waals surface area (Å²) in [4.78, 5) is 4.64. The third-order valence-electron chi connectivity index (χ3n) is 3.08. The second-order valence-electron chi connectivity index (χ2n) is 4.32. The molecular formula is C15H14BrN3O. The molecule has 2 heterocycles. The number of hydrogen-bond acceptors (Lipinski definition) is 3. The van der Waals surface area contributed by atoms with Gasteiger partial charge in [-0.15, -0.1) is 0 Å². The molecule has 2 aromatic heterocycles. The van der Waals surface area contributed by atoms with Crippen LogP contribution in [0.15, 0.2) is 47.1 Å². The zero-order valence-electron chi connectivity index (χ0n) is 11.0. The van der Waals surface area contributed by atoms with Gasteiger partial charge in [-0.25, -0.2) is 4.98 Å². The third kappa shape index (κ3) is 2.04. The van der Waals surface area contributed by atoms with Crippen molar-refractivity contribution in [2.24, 2.45) is 0 Å². The van der Waals surface area contributed by atoms with E-state index in [9.17, 15) is 0 Å². The Morgan fingerprint density at radius 3 is 2.80 bits per heavy atom. The van der Waals surface area contributed by atoms with E-state index in [2.05, 4.69) is 20.9 Å². The molecule has 4 nitrogen and oxygen atoms in total. The van der Waals surface area contributed by atoms with Gasteiger partial charge in [0.15, 0.2) is 5.65 Å². The van der Waals surface area contributed by atoms with Crippen LogP contribution in [0.25, 0.3) is 16.9 Å². The highest BCUT2D eigenvalue weighted by Gasteiger charge is 2.16. The number of rotatable bonds is 3. The number of benzene rings is 1. The van der Waals surface area contributed by atoms with Gasteiger partial charge < -0.3 is 10.5 Å². The SMILES string of the molecule is CCOc1ccccc1-c1nc2c(Br)cccn2c1N. The van der Waals surface area contributed by atoms with E-state index < -0.39 is 0 Å². The summed E-state index contributed by atoms with van der Waals surface area (Å²) in [5.41, 5.74) is 8.67. The maximum absolute atomic E-state index is 6.23. The van der Waals surface area contributed by atoms with Crippen molar-refractivity contribution in [3.05, 3.63) is 47.1 Å². The van der Waals surface area contributed by atoms with Gasteiger partial charge in [-0.05, 0) is 47.1 Å². The summed E-state index contributed by atoms with van der Waals surface area (Å²) in [6.07, 6.45) is 1.90. The van der Waals surface area contributed by atoms with Gasteiger partial charge in [0.05, 0.1) is 11.1 Å². The van der Waals surface area contributed by atoms with Crippen LogP contribution in [0.3, 0.4) is 0 Å². The fraction of sp³-hybridized carbons (Fsp3) is 0.133. The summed E-state index contributed by atoms with van der Waals surface area (Å²) in [7, 11) is 0. The normalized spacial score (nSPS) is 10.9.